The highest BCUT2D eigenvalue weighted by atomic mass is 32.2. The molecule has 0 amide bonds. The molecule has 1 aliphatic carbocycles. The van der Waals surface area contributed by atoms with Crippen molar-refractivity contribution < 1.29 is 4.74 Å². The summed E-state index contributed by atoms with van der Waals surface area (Å²) in [5, 5.41) is 7.61. The van der Waals surface area contributed by atoms with Gasteiger partial charge in [-0.25, -0.2) is 0 Å². The van der Waals surface area contributed by atoms with Crippen LogP contribution >= 0.6 is 11.8 Å². The summed E-state index contributed by atoms with van der Waals surface area (Å²) >= 11 is 2.11. The highest BCUT2D eigenvalue weighted by Crippen LogP contribution is 2.34. The molecule has 1 saturated carbocycles. The number of rotatable bonds is 5. The topological polar surface area (TPSA) is 36.5 Å². The van der Waals surface area contributed by atoms with Crippen molar-refractivity contribution in [3.8, 4) is 0 Å². The zero-order valence-corrected chi connectivity index (χ0v) is 14.4. The average molecular weight is 314 g/mol. The Bertz CT molecular complexity index is 327. The molecule has 4 unspecified atom stereocenters. The van der Waals surface area contributed by atoms with Crippen LogP contribution in [0, 0.1) is 5.92 Å². The second-order valence-electron chi connectivity index (χ2n) is 7.14. The van der Waals surface area contributed by atoms with E-state index < -0.39 is 0 Å². The van der Waals surface area contributed by atoms with Crippen molar-refractivity contribution >= 4 is 11.8 Å². The van der Waals surface area contributed by atoms with Gasteiger partial charge in [0.25, 0.3) is 0 Å². The summed E-state index contributed by atoms with van der Waals surface area (Å²) < 4.78 is 5.68. The fraction of sp³-hybridized carbons (Fsp3) is 1.00. The first-order valence-electron chi connectivity index (χ1n) is 8.51. The average Bonchev–Trinajstić information content (AvgIpc) is 3.16. The molecular weight excluding hydrogens is 282 g/mol. The Hall–Kier alpha value is 0.190. The van der Waals surface area contributed by atoms with Crippen LogP contribution in [0.2, 0.25) is 0 Å². The molecule has 3 rings (SSSR count). The van der Waals surface area contributed by atoms with Gasteiger partial charge < -0.3 is 20.3 Å². The van der Waals surface area contributed by atoms with Gasteiger partial charge in [-0.15, -0.1) is 0 Å². The molecule has 122 valence electrons. The minimum atomic E-state index is 0.369. The molecule has 0 radical (unpaired) electrons. The molecule has 2 aliphatic heterocycles. The third-order valence-corrected chi connectivity index (χ3v) is 7.00. The largest absolute Gasteiger partial charge is 0.379 e. The predicted octanol–water partition coefficient (Wildman–Crippen LogP) is 1.17. The van der Waals surface area contributed by atoms with Gasteiger partial charge in [0.2, 0.25) is 0 Å². The van der Waals surface area contributed by atoms with Gasteiger partial charge in [0.15, 0.2) is 0 Å². The van der Waals surface area contributed by atoms with E-state index in [4.69, 9.17) is 4.74 Å². The van der Waals surface area contributed by atoms with E-state index in [-0.39, 0.29) is 0 Å². The van der Waals surface area contributed by atoms with Crippen LogP contribution < -0.4 is 10.6 Å². The van der Waals surface area contributed by atoms with Crippen LogP contribution in [0.15, 0.2) is 0 Å². The molecular formula is C16H31N3OS. The molecule has 2 heterocycles. The summed E-state index contributed by atoms with van der Waals surface area (Å²) in [6.45, 7) is 3.94. The number of hydrogen-bond acceptors (Lipinski definition) is 5. The van der Waals surface area contributed by atoms with E-state index in [2.05, 4.69) is 41.4 Å². The summed E-state index contributed by atoms with van der Waals surface area (Å²) in [4.78, 5) is 2.45. The normalized spacial score (nSPS) is 41.0. The predicted molar refractivity (Wildman–Crippen MR) is 90.1 cm³/mol. The van der Waals surface area contributed by atoms with Gasteiger partial charge in [-0.1, -0.05) is 6.42 Å². The number of ether oxygens (including phenoxy) is 1. The highest BCUT2D eigenvalue weighted by Gasteiger charge is 2.39. The van der Waals surface area contributed by atoms with Gasteiger partial charge in [0, 0.05) is 36.5 Å². The molecule has 0 bridgehead atoms. The summed E-state index contributed by atoms with van der Waals surface area (Å²) in [5.74, 6) is 3.33. The molecule has 0 aromatic heterocycles. The molecule has 2 saturated heterocycles. The number of thioether (sulfide) groups is 1. The maximum absolute atomic E-state index is 5.68. The van der Waals surface area contributed by atoms with Crippen molar-refractivity contribution in [2.75, 3.05) is 51.9 Å². The van der Waals surface area contributed by atoms with E-state index in [9.17, 15) is 0 Å². The maximum atomic E-state index is 5.68. The Morgan fingerprint density at radius 3 is 2.95 bits per heavy atom. The van der Waals surface area contributed by atoms with Crippen LogP contribution in [0.25, 0.3) is 0 Å². The number of hydrogen-bond donors (Lipinski definition) is 2. The third-order valence-electron chi connectivity index (χ3n) is 5.76. The fourth-order valence-corrected chi connectivity index (χ4v) is 5.71. The van der Waals surface area contributed by atoms with Crippen molar-refractivity contribution in [2.24, 2.45) is 5.92 Å². The molecule has 0 aromatic rings. The third kappa shape index (κ3) is 3.58. The Labute approximate surface area is 133 Å². The van der Waals surface area contributed by atoms with Crippen LogP contribution in [-0.2, 0) is 4.74 Å². The van der Waals surface area contributed by atoms with Gasteiger partial charge in [-0.3, -0.25) is 0 Å². The van der Waals surface area contributed by atoms with E-state index in [1.807, 2.05) is 0 Å². The van der Waals surface area contributed by atoms with Crippen molar-refractivity contribution in [1.29, 1.82) is 0 Å². The second-order valence-corrected chi connectivity index (χ2v) is 8.24. The Morgan fingerprint density at radius 2 is 2.29 bits per heavy atom. The molecule has 3 aliphatic rings. The molecule has 5 heteroatoms. The van der Waals surface area contributed by atoms with Crippen LogP contribution in [-0.4, -0.2) is 74.4 Å². The van der Waals surface area contributed by atoms with E-state index in [0.29, 0.717) is 17.6 Å². The highest BCUT2D eigenvalue weighted by molar-refractivity contribution is 7.99. The first kappa shape index (κ1) is 16.1. The smallest absolute Gasteiger partial charge is 0.0623 e. The Morgan fingerprint density at radius 1 is 1.38 bits per heavy atom. The summed E-state index contributed by atoms with van der Waals surface area (Å²) in [6.07, 6.45) is 5.37. The van der Waals surface area contributed by atoms with Crippen LogP contribution in [0.3, 0.4) is 0 Å². The van der Waals surface area contributed by atoms with Gasteiger partial charge in [0.05, 0.1) is 13.2 Å². The van der Waals surface area contributed by atoms with Crippen molar-refractivity contribution in [1.82, 2.24) is 15.5 Å². The van der Waals surface area contributed by atoms with Gasteiger partial charge in [-0.05, 0) is 45.0 Å². The van der Waals surface area contributed by atoms with Crippen LogP contribution in [0.4, 0.5) is 0 Å². The molecule has 2 N–H and O–H groups in total. The number of nitrogens with one attached hydrogen (secondary N) is 2. The standard InChI is InChI=1S/C16H31N3OS/c1-19(2)16(6-9-21-12-16)11-18-14-5-3-4-13(14)15-10-20-8-7-17-15/h13-15,17-18H,3-12H2,1-2H3. The molecule has 4 atom stereocenters. The number of morpholine rings is 1. The zero-order chi connectivity index (χ0) is 14.7. The lowest BCUT2D eigenvalue weighted by molar-refractivity contribution is 0.0511. The quantitative estimate of drug-likeness (QED) is 0.797. The minimum absolute atomic E-state index is 0.369. The lowest BCUT2D eigenvalue weighted by atomic mass is 9.92. The summed E-state index contributed by atoms with van der Waals surface area (Å²) in [7, 11) is 4.49. The maximum Gasteiger partial charge on any atom is 0.0623 e. The van der Waals surface area contributed by atoms with E-state index in [1.54, 1.807) is 0 Å². The fourth-order valence-electron chi connectivity index (χ4n) is 4.15. The summed E-state index contributed by atoms with van der Waals surface area (Å²) in [5.41, 5.74) is 0.369. The summed E-state index contributed by atoms with van der Waals surface area (Å²) in [6, 6.07) is 1.23. The van der Waals surface area contributed by atoms with E-state index in [0.717, 1.165) is 32.2 Å². The van der Waals surface area contributed by atoms with Crippen molar-refractivity contribution in [3.05, 3.63) is 0 Å². The van der Waals surface area contributed by atoms with Crippen LogP contribution in [0.5, 0.6) is 0 Å². The molecule has 0 spiro atoms. The molecule has 3 fully saturated rings. The van der Waals surface area contributed by atoms with E-state index in [1.165, 1.54) is 37.2 Å². The van der Waals surface area contributed by atoms with Gasteiger partial charge in [-0.2, -0.15) is 11.8 Å². The molecule has 21 heavy (non-hydrogen) atoms. The lowest BCUT2D eigenvalue weighted by Gasteiger charge is -2.39. The minimum Gasteiger partial charge on any atom is -0.379 e. The first-order valence-corrected chi connectivity index (χ1v) is 9.66. The van der Waals surface area contributed by atoms with Crippen LogP contribution in [0.1, 0.15) is 25.7 Å². The Kier molecular flexibility index (Phi) is 5.49. The molecule has 0 aromatic carbocycles. The lowest BCUT2D eigenvalue weighted by Crippen LogP contribution is -2.56. The van der Waals surface area contributed by atoms with Crippen molar-refractivity contribution in [3.63, 3.8) is 0 Å². The molecule has 4 nitrogen and oxygen atoms in total. The zero-order valence-electron chi connectivity index (χ0n) is 13.6. The monoisotopic (exact) mass is 313 g/mol. The number of nitrogens with zero attached hydrogens (tertiary/aromatic N) is 1. The number of likely N-dealkylation sites (N-methyl/N-ethyl adjacent to an activating group) is 1. The van der Waals surface area contributed by atoms with Gasteiger partial charge >= 0.3 is 0 Å². The van der Waals surface area contributed by atoms with Gasteiger partial charge in [0.1, 0.15) is 0 Å². The van der Waals surface area contributed by atoms with E-state index >= 15 is 0 Å². The Balaban J connectivity index is 1.55. The first-order chi connectivity index (χ1) is 10.2. The second kappa shape index (κ2) is 7.18. The SMILES string of the molecule is CN(C)C1(CNC2CCCC2C2COCCN2)CCSC1. The van der Waals surface area contributed by atoms with Crippen molar-refractivity contribution in [2.45, 2.75) is 43.3 Å².